The molecule has 0 unspecified atom stereocenters. The molecule has 1 aromatic carbocycles. The molecule has 3 fully saturated rings. The smallest absolute Gasteiger partial charge is 0.255 e. The number of benzene rings is 1. The molecule has 3 aliphatic heterocycles. The lowest BCUT2D eigenvalue weighted by Gasteiger charge is -2.44. The molecule has 1 atom stereocenters. The lowest BCUT2D eigenvalue weighted by Crippen LogP contribution is -2.57. The van der Waals surface area contributed by atoms with E-state index in [1.165, 1.54) is 7.11 Å². The van der Waals surface area contributed by atoms with Gasteiger partial charge in [0.05, 0.1) is 23.4 Å². The summed E-state index contributed by atoms with van der Waals surface area (Å²) in [5.41, 5.74) is 6.60. The quantitative estimate of drug-likeness (QED) is 0.824. The van der Waals surface area contributed by atoms with Crippen LogP contribution in [0.4, 0.5) is 5.69 Å². The number of carbonyl (C=O) groups excluding carboxylic acids is 1. The fraction of sp³-hybridized carbons (Fsp3) is 0.533. The fourth-order valence-electron chi connectivity index (χ4n) is 3.29. The Morgan fingerprint density at radius 1 is 1.41 bits per heavy atom. The number of piperidine rings is 3. The van der Waals surface area contributed by atoms with E-state index >= 15 is 0 Å². The monoisotopic (exact) mass is 345 g/mol. The minimum atomic E-state index is -0.146. The Hall–Kier alpha value is -1.17. The summed E-state index contributed by atoms with van der Waals surface area (Å²) < 4.78 is 5.24. The molecular weight excluding hydrogens is 325 g/mol. The van der Waals surface area contributed by atoms with Gasteiger partial charge in [-0.05, 0) is 37.9 Å². The van der Waals surface area contributed by atoms with Gasteiger partial charge in [-0.1, -0.05) is 11.6 Å². The van der Waals surface area contributed by atoms with Crippen LogP contribution in [0.2, 0.25) is 5.02 Å². The summed E-state index contributed by atoms with van der Waals surface area (Å²) in [5.74, 6) is 0.886. The molecule has 0 saturated carbocycles. The molecule has 1 amide bonds. The third-order valence-electron chi connectivity index (χ3n) is 4.54. The van der Waals surface area contributed by atoms with E-state index in [-0.39, 0.29) is 24.4 Å². The fourth-order valence-corrected chi connectivity index (χ4v) is 3.45. The van der Waals surface area contributed by atoms with Crippen LogP contribution in [0.3, 0.4) is 0 Å². The first-order chi connectivity index (χ1) is 10.1. The van der Waals surface area contributed by atoms with Crippen molar-refractivity contribution in [3.05, 3.63) is 22.7 Å². The van der Waals surface area contributed by atoms with Crippen molar-refractivity contribution in [2.24, 2.45) is 5.92 Å². The van der Waals surface area contributed by atoms with Crippen LogP contribution in [-0.4, -0.2) is 43.6 Å². The maximum absolute atomic E-state index is 12.5. The van der Waals surface area contributed by atoms with Crippen LogP contribution >= 0.6 is 24.0 Å². The van der Waals surface area contributed by atoms with Crippen LogP contribution in [0.1, 0.15) is 23.2 Å². The minimum absolute atomic E-state index is 0. The predicted octanol–water partition coefficient (Wildman–Crippen LogP) is 2.18. The average Bonchev–Trinajstić information content (AvgIpc) is 2.50. The number of amides is 1. The summed E-state index contributed by atoms with van der Waals surface area (Å²) in [7, 11) is 1.52. The zero-order valence-electron chi connectivity index (χ0n) is 12.5. The van der Waals surface area contributed by atoms with Crippen molar-refractivity contribution in [1.29, 1.82) is 0 Å². The van der Waals surface area contributed by atoms with Gasteiger partial charge in [0.1, 0.15) is 5.75 Å². The molecule has 0 spiro atoms. The van der Waals surface area contributed by atoms with Crippen molar-refractivity contribution in [3.63, 3.8) is 0 Å². The van der Waals surface area contributed by atoms with E-state index in [0.29, 0.717) is 27.9 Å². The molecule has 0 radical (unpaired) electrons. The third-order valence-corrected chi connectivity index (χ3v) is 4.86. The summed E-state index contributed by atoms with van der Waals surface area (Å²) in [6.07, 6.45) is 2.31. The highest BCUT2D eigenvalue weighted by molar-refractivity contribution is 6.33. The van der Waals surface area contributed by atoms with Gasteiger partial charge in [-0.2, -0.15) is 0 Å². The Morgan fingerprint density at radius 2 is 2.09 bits per heavy atom. The zero-order chi connectivity index (χ0) is 15.0. The van der Waals surface area contributed by atoms with E-state index < -0.39 is 0 Å². The van der Waals surface area contributed by atoms with E-state index in [4.69, 9.17) is 22.1 Å². The van der Waals surface area contributed by atoms with Gasteiger partial charge >= 0.3 is 0 Å². The number of rotatable bonds is 3. The molecule has 0 aliphatic carbocycles. The molecule has 122 valence electrons. The number of fused-ring (bicyclic) bond motifs is 3. The van der Waals surface area contributed by atoms with Crippen LogP contribution in [0, 0.1) is 5.92 Å². The number of hydrogen-bond donors (Lipinski definition) is 2. The highest BCUT2D eigenvalue weighted by Crippen LogP contribution is 2.31. The molecule has 0 aromatic heterocycles. The minimum Gasteiger partial charge on any atom is -0.496 e. The lowest BCUT2D eigenvalue weighted by molar-refractivity contribution is 0.0619. The molecule has 5 nitrogen and oxygen atoms in total. The van der Waals surface area contributed by atoms with Crippen LogP contribution < -0.4 is 15.8 Å². The number of methoxy groups -OCH3 is 1. The number of nitrogens with two attached hydrogens (primary N) is 1. The van der Waals surface area contributed by atoms with E-state index in [1.54, 1.807) is 12.1 Å². The first-order valence-electron chi connectivity index (χ1n) is 7.24. The molecule has 7 heteroatoms. The Bertz CT molecular complexity index is 560. The van der Waals surface area contributed by atoms with Crippen LogP contribution in [0.15, 0.2) is 12.1 Å². The number of hydrogen-bond acceptors (Lipinski definition) is 4. The second kappa shape index (κ2) is 6.94. The van der Waals surface area contributed by atoms with Gasteiger partial charge in [0, 0.05) is 18.7 Å². The van der Waals surface area contributed by atoms with Crippen molar-refractivity contribution in [3.8, 4) is 5.75 Å². The van der Waals surface area contributed by atoms with E-state index in [2.05, 4.69) is 10.2 Å². The maximum atomic E-state index is 12.5. The summed E-state index contributed by atoms with van der Waals surface area (Å²) in [4.78, 5) is 14.9. The summed E-state index contributed by atoms with van der Waals surface area (Å²) in [5, 5.41) is 3.50. The largest absolute Gasteiger partial charge is 0.496 e. The highest BCUT2D eigenvalue weighted by Gasteiger charge is 2.35. The first kappa shape index (κ1) is 17.2. The van der Waals surface area contributed by atoms with E-state index in [0.717, 1.165) is 32.5 Å². The highest BCUT2D eigenvalue weighted by atomic mass is 35.5. The SMILES string of the molecule is COc1cc(N)c(Cl)cc1C(=O)N[C@@H]1CN2CCC1CC2.Cl. The number of ether oxygens (including phenoxy) is 1. The number of nitrogen functional groups attached to an aromatic ring is 1. The van der Waals surface area contributed by atoms with Crippen molar-refractivity contribution in [1.82, 2.24) is 10.2 Å². The van der Waals surface area contributed by atoms with Crippen LogP contribution in [-0.2, 0) is 0 Å². The zero-order valence-corrected chi connectivity index (χ0v) is 14.0. The molecule has 3 saturated heterocycles. The van der Waals surface area contributed by atoms with E-state index in [1.807, 2.05) is 0 Å². The van der Waals surface area contributed by atoms with Gasteiger partial charge in [0.2, 0.25) is 0 Å². The second-order valence-electron chi connectivity index (χ2n) is 5.79. The normalized spacial score (nSPS) is 26.2. The Labute approximate surface area is 141 Å². The number of anilines is 1. The number of nitrogens with one attached hydrogen (secondary N) is 1. The summed E-state index contributed by atoms with van der Waals surface area (Å²) in [6, 6.07) is 3.38. The molecule has 4 rings (SSSR count). The number of carbonyl (C=O) groups is 1. The third kappa shape index (κ3) is 3.26. The van der Waals surface area contributed by atoms with Gasteiger partial charge in [0.25, 0.3) is 5.91 Å². The molecular formula is C15H21Cl2N3O2. The van der Waals surface area contributed by atoms with Crippen molar-refractivity contribution in [2.75, 3.05) is 32.5 Å². The van der Waals surface area contributed by atoms with Crippen LogP contribution in [0.25, 0.3) is 0 Å². The molecule has 2 bridgehead atoms. The topological polar surface area (TPSA) is 67.6 Å². The summed E-state index contributed by atoms with van der Waals surface area (Å²) >= 11 is 6.02. The van der Waals surface area contributed by atoms with Gasteiger partial charge in [-0.15, -0.1) is 12.4 Å². The second-order valence-corrected chi connectivity index (χ2v) is 6.20. The van der Waals surface area contributed by atoms with Gasteiger partial charge in [-0.25, -0.2) is 0 Å². The average molecular weight is 346 g/mol. The number of halogens is 2. The molecule has 3 heterocycles. The molecule has 1 aromatic rings. The van der Waals surface area contributed by atoms with Crippen molar-refractivity contribution < 1.29 is 9.53 Å². The Balaban J connectivity index is 0.00000176. The van der Waals surface area contributed by atoms with E-state index in [9.17, 15) is 4.79 Å². The molecule has 3 aliphatic rings. The standard InChI is InChI=1S/C15H20ClN3O2.ClH/c1-21-14-7-12(17)11(16)6-10(14)15(20)18-13-8-19-4-2-9(13)3-5-19;/h6-7,9,13H,2-5,8,17H2,1H3,(H,18,20);1H/t13-;/m1./s1. The Morgan fingerprint density at radius 3 is 2.64 bits per heavy atom. The molecule has 3 N–H and O–H groups in total. The van der Waals surface area contributed by atoms with Gasteiger partial charge < -0.3 is 20.7 Å². The predicted molar refractivity (Wildman–Crippen MR) is 90.1 cm³/mol. The van der Waals surface area contributed by atoms with Gasteiger partial charge in [-0.3, -0.25) is 4.79 Å². The first-order valence-corrected chi connectivity index (χ1v) is 7.62. The van der Waals surface area contributed by atoms with Crippen molar-refractivity contribution >= 4 is 35.6 Å². The van der Waals surface area contributed by atoms with Crippen molar-refractivity contribution in [2.45, 2.75) is 18.9 Å². The lowest BCUT2D eigenvalue weighted by atomic mass is 9.84. The van der Waals surface area contributed by atoms with Gasteiger partial charge in [0.15, 0.2) is 0 Å². The summed E-state index contributed by atoms with van der Waals surface area (Å²) in [6.45, 7) is 3.23. The van der Waals surface area contributed by atoms with Crippen LogP contribution in [0.5, 0.6) is 5.75 Å². The Kier molecular flexibility index (Phi) is 5.42. The molecule has 22 heavy (non-hydrogen) atoms. The number of nitrogens with zero attached hydrogens (tertiary/aromatic N) is 1. The maximum Gasteiger partial charge on any atom is 0.255 e.